The fraction of sp³-hybridized carbons (Fsp3) is 0.115. The third kappa shape index (κ3) is 4.87. The van der Waals surface area contributed by atoms with Crippen LogP contribution in [0.3, 0.4) is 0 Å². The molecule has 0 bridgehead atoms. The van der Waals surface area contributed by atoms with Crippen LogP contribution in [0, 0.1) is 5.92 Å². The zero-order valence-electron chi connectivity index (χ0n) is 18.2. The second-order valence-corrected chi connectivity index (χ2v) is 8.65. The number of Topliss-reactive ketones (excluding diaryl/α,β-unsaturated/α-hetero) is 3. The van der Waals surface area contributed by atoms with Crippen molar-refractivity contribution >= 4 is 58.1 Å². The van der Waals surface area contributed by atoms with Crippen LogP contribution in [0.5, 0.6) is 0 Å². The SMILES string of the molecule is CC(=O)c1ccc(NC(=O)C(=O)C(C(=O)c2ccc(Cl)c(Cl)c2)C2OC(=O)c3ccccc32)cc1. The van der Waals surface area contributed by atoms with E-state index in [2.05, 4.69) is 5.32 Å². The number of esters is 1. The molecule has 0 fully saturated rings. The Labute approximate surface area is 210 Å². The number of nitrogens with one attached hydrogen (secondary N) is 1. The molecule has 0 saturated heterocycles. The molecule has 2 unspecified atom stereocenters. The van der Waals surface area contributed by atoms with Crippen molar-refractivity contribution in [2.75, 3.05) is 5.32 Å². The van der Waals surface area contributed by atoms with Gasteiger partial charge in [-0.1, -0.05) is 41.4 Å². The van der Waals surface area contributed by atoms with Gasteiger partial charge in [0.25, 0.3) is 5.91 Å². The van der Waals surface area contributed by atoms with Crippen LogP contribution in [0.2, 0.25) is 10.0 Å². The van der Waals surface area contributed by atoms with Crippen molar-refractivity contribution in [1.29, 1.82) is 0 Å². The Bertz CT molecular complexity index is 1380. The maximum absolute atomic E-state index is 13.5. The number of fused-ring (bicyclic) bond motifs is 1. The first-order valence-corrected chi connectivity index (χ1v) is 11.2. The summed E-state index contributed by atoms with van der Waals surface area (Å²) in [6.45, 7) is 1.40. The number of anilines is 1. The fourth-order valence-corrected chi connectivity index (χ4v) is 4.06. The highest BCUT2D eigenvalue weighted by Gasteiger charge is 2.46. The Morgan fingerprint density at radius 1 is 0.886 bits per heavy atom. The van der Waals surface area contributed by atoms with Gasteiger partial charge < -0.3 is 10.1 Å². The van der Waals surface area contributed by atoms with E-state index in [0.29, 0.717) is 11.1 Å². The summed E-state index contributed by atoms with van der Waals surface area (Å²) in [6, 6.07) is 16.3. The molecule has 9 heteroatoms. The number of ether oxygens (including phenoxy) is 1. The van der Waals surface area contributed by atoms with Crippen molar-refractivity contribution in [3.8, 4) is 0 Å². The van der Waals surface area contributed by atoms with Crippen LogP contribution >= 0.6 is 23.2 Å². The first-order valence-electron chi connectivity index (χ1n) is 10.4. The maximum Gasteiger partial charge on any atom is 0.339 e. The van der Waals surface area contributed by atoms with Crippen molar-refractivity contribution in [2.45, 2.75) is 13.0 Å². The number of halogens is 2. The van der Waals surface area contributed by atoms with Crippen molar-refractivity contribution in [3.63, 3.8) is 0 Å². The molecule has 1 amide bonds. The highest BCUT2D eigenvalue weighted by atomic mass is 35.5. The van der Waals surface area contributed by atoms with Gasteiger partial charge in [0, 0.05) is 22.4 Å². The van der Waals surface area contributed by atoms with Gasteiger partial charge in [0.15, 0.2) is 11.6 Å². The molecule has 3 aromatic carbocycles. The van der Waals surface area contributed by atoms with E-state index in [-0.39, 0.29) is 32.6 Å². The fourth-order valence-electron chi connectivity index (χ4n) is 3.77. The summed E-state index contributed by atoms with van der Waals surface area (Å²) in [5.41, 5.74) is 1.23. The Balaban J connectivity index is 1.69. The van der Waals surface area contributed by atoms with Gasteiger partial charge in [0.2, 0.25) is 5.78 Å². The quantitative estimate of drug-likeness (QED) is 0.205. The average molecular weight is 510 g/mol. The number of hydrogen-bond acceptors (Lipinski definition) is 6. The summed E-state index contributed by atoms with van der Waals surface area (Å²) in [6.07, 6.45) is -1.31. The van der Waals surface area contributed by atoms with Crippen molar-refractivity contribution < 1.29 is 28.7 Å². The van der Waals surface area contributed by atoms with Crippen LogP contribution in [0.1, 0.15) is 49.7 Å². The second-order valence-electron chi connectivity index (χ2n) is 7.84. The number of rotatable bonds is 7. The minimum atomic E-state index is -1.67. The zero-order chi connectivity index (χ0) is 25.3. The van der Waals surface area contributed by atoms with Crippen LogP contribution in [0.15, 0.2) is 66.7 Å². The maximum atomic E-state index is 13.5. The van der Waals surface area contributed by atoms with E-state index in [4.69, 9.17) is 27.9 Å². The lowest BCUT2D eigenvalue weighted by Crippen LogP contribution is -2.38. The van der Waals surface area contributed by atoms with E-state index in [1.165, 1.54) is 55.5 Å². The van der Waals surface area contributed by atoms with Crippen molar-refractivity contribution in [1.82, 2.24) is 0 Å². The van der Waals surface area contributed by atoms with Crippen molar-refractivity contribution in [3.05, 3.63) is 99.0 Å². The Kier molecular flexibility index (Phi) is 6.82. The van der Waals surface area contributed by atoms with Crippen LogP contribution in [-0.2, 0) is 14.3 Å². The summed E-state index contributed by atoms with van der Waals surface area (Å²) >= 11 is 12.0. The monoisotopic (exact) mass is 509 g/mol. The van der Waals surface area contributed by atoms with Crippen LogP contribution < -0.4 is 5.32 Å². The van der Waals surface area contributed by atoms with E-state index in [9.17, 15) is 24.0 Å². The van der Waals surface area contributed by atoms with E-state index < -0.39 is 35.5 Å². The topological polar surface area (TPSA) is 107 Å². The first-order chi connectivity index (χ1) is 16.7. The number of ketones is 3. The minimum Gasteiger partial charge on any atom is -0.453 e. The van der Waals surface area contributed by atoms with Crippen LogP contribution in [0.25, 0.3) is 0 Å². The van der Waals surface area contributed by atoms with Crippen LogP contribution in [-0.4, -0.2) is 29.2 Å². The molecule has 1 heterocycles. The molecular weight excluding hydrogens is 493 g/mol. The molecule has 176 valence electrons. The molecule has 0 aliphatic carbocycles. The lowest BCUT2D eigenvalue weighted by atomic mass is 9.84. The van der Waals surface area contributed by atoms with E-state index in [1.54, 1.807) is 18.2 Å². The number of benzene rings is 3. The lowest BCUT2D eigenvalue weighted by Gasteiger charge is -2.21. The van der Waals surface area contributed by atoms with Crippen LogP contribution in [0.4, 0.5) is 5.69 Å². The van der Waals surface area contributed by atoms with Gasteiger partial charge in [-0.25, -0.2) is 4.79 Å². The molecule has 2 atom stereocenters. The molecule has 1 aliphatic rings. The first kappa shape index (κ1) is 24.3. The van der Waals surface area contributed by atoms with Gasteiger partial charge in [-0.15, -0.1) is 0 Å². The Morgan fingerprint density at radius 3 is 2.20 bits per heavy atom. The van der Waals surface area contributed by atoms with Gasteiger partial charge in [0.1, 0.15) is 12.0 Å². The highest BCUT2D eigenvalue weighted by Crippen LogP contribution is 2.38. The summed E-state index contributed by atoms with van der Waals surface area (Å²) in [4.78, 5) is 63.6. The number of carbonyl (C=O) groups is 5. The molecule has 0 spiro atoms. The predicted molar refractivity (Wildman–Crippen MR) is 129 cm³/mol. The van der Waals surface area contributed by atoms with Gasteiger partial charge in [-0.3, -0.25) is 19.2 Å². The average Bonchev–Trinajstić information content (AvgIpc) is 3.17. The number of cyclic esters (lactones) is 1. The predicted octanol–water partition coefficient (Wildman–Crippen LogP) is 5.11. The minimum absolute atomic E-state index is 0.0248. The summed E-state index contributed by atoms with van der Waals surface area (Å²) in [7, 11) is 0. The van der Waals surface area contributed by atoms with Crippen molar-refractivity contribution in [2.24, 2.45) is 5.92 Å². The standard InChI is InChI=1S/C26H17Cl2NO6/c1-13(30)14-6-9-16(10-7-14)29-25(33)23(32)21(22(31)15-8-11-19(27)20(28)12-15)24-17-4-2-3-5-18(17)26(34)35-24/h2-12,21,24H,1H3,(H,29,33). The third-order valence-electron chi connectivity index (χ3n) is 5.57. The van der Waals surface area contributed by atoms with E-state index in [0.717, 1.165) is 0 Å². The van der Waals surface area contributed by atoms with E-state index in [1.807, 2.05) is 0 Å². The van der Waals surface area contributed by atoms with E-state index >= 15 is 0 Å². The molecule has 1 aliphatic heterocycles. The Hall–Kier alpha value is -3.81. The largest absolute Gasteiger partial charge is 0.453 e. The second kappa shape index (κ2) is 9.82. The summed E-state index contributed by atoms with van der Waals surface area (Å²) in [5, 5.41) is 2.72. The molecule has 4 rings (SSSR count). The number of carbonyl (C=O) groups excluding carboxylic acids is 5. The highest BCUT2D eigenvalue weighted by molar-refractivity contribution is 6.46. The lowest BCUT2D eigenvalue weighted by molar-refractivity contribution is -0.138. The van der Waals surface area contributed by atoms with Gasteiger partial charge in [-0.2, -0.15) is 0 Å². The van der Waals surface area contributed by atoms with Gasteiger partial charge in [0.05, 0.1) is 15.6 Å². The number of hydrogen-bond donors (Lipinski definition) is 1. The molecule has 0 radical (unpaired) electrons. The molecule has 0 saturated carbocycles. The molecule has 1 N–H and O–H groups in total. The smallest absolute Gasteiger partial charge is 0.339 e. The van der Waals surface area contributed by atoms with Gasteiger partial charge in [-0.05, 0) is 55.5 Å². The summed E-state index contributed by atoms with van der Waals surface area (Å²) in [5.74, 6) is -5.48. The third-order valence-corrected chi connectivity index (χ3v) is 6.31. The normalized spacial score (nSPS) is 15.1. The summed E-state index contributed by atoms with van der Waals surface area (Å²) < 4.78 is 5.40. The van der Waals surface area contributed by atoms with Gasteiger partial charge >= 0.3 is 5.97 Å². The molecule has 0 aromatic heterocycles. The number of amides is 1. The molecule has 7 nitrogen and oxygen atoms in total. The Morgan fingerprint density at radius 2 is 1.54 bits per heavy atom. The molecular formula is C26H17Cl2NO6. The molecule has 3 aromatic rings. The zero-order valence-corrected chi connectivity index (χ0v) is 19.7. The molecule has 35 heavy (non-hydrogen) atoms.